The molecule has 2 atom stereocenters. The summed E-state index contributed by atoms with van der Waals surface area (Å²) in [5.74, 6) is 0.708. The molecule has 3 rings (SSSR count). The lowest BCUT2D eigenvalue weighted by atomic mass is 9.99. The fraction of sp³-hybridized carbons (Fsp3) is 0.556. The van der Waals surface area contributed by atoms with Gasteiger partial charge in [0.1, 0.15) is 5.75 Å². The number of hydrogen-bond acceptors (Lipinski definition) is 3. The molecule has 23 heavy (non-hydrogen) atoms. The smallest absolute Gasteiger partial charge is 0.228 e. The van der Waals surface area contributed by atoms with Crippen molar-refractivity contribution in [3.8, 4) is 5.75 Å². The Morgan fingerprint density at radius 1 is 1.22 bits per heavy atom. The zero-order valence-electron chi connectivity index (χ0n) is 13.8. The second kappa shape index (κ2) is 6.60. The number of nitrogens with zero attached hydrogens (tertiary/aromatic N) is 2. The Hall–Kier alpha value is -2.04. The maximum absolute atomic E-state index is 12.8. The molecule has 1 aromatic carbocycles. The van der Waals surface area contributed by atoms with E-state index in [0.717, 1.165) is 30.8 Å². The first-order valence-corrected chi connectivity index (χ1v) is 8.35. The highest BCUT2D eigenvalue weighted by Crippen LogP contribution is 2.29. The van der Waals surface area contributed by atoms with E-state index in [0.29, 0.717) is 19.0 Å². The molecule has 2 fully saturated rings. The van der Waals surface area contributed by atoms with Crippen molar-refractivity contribution in [2.24, 2.45) is 5.92 Å². The van der Waals surface area contributed by atoms with Crippen LogP contribution in [0.1, 0.15) is 32.6 Å². The highest BCUT2D eigenvalue weighted by molar-refractivity contribution is 6.00. The summed E-state index contributed by atoms with van der Waals surface area (Å²) in [5, 5.41) is 0. The van der Waals surface area contributed by atoms with Gasteiger partial charge in [-0.1, -0.05) is 0 Å². The first-order chi connectivity index (χ1) is 11.1. The van der Waals surface area contributed by atoms with E-state index in [4.69, 9.17) is 4.74 Å². The van der Waals surface area contributed by atoms with E-state index in [9.17, 15) is 9.59 Å². The predicted octanol–water partition coefficient (Wildman–Crippen LogP) is 2.45. The SMILES string of the molecule is COc1ccc(N2C[C@H](C(=O)N3CCCC[C@H]3C)CC2=O)cc1. The van der Waals surface area contributed by atoms with E-state index in [-0.39, 0.29) is 17.7 Å². The van der Waals surface area contributed by atoms with Gasteiger partial charge in [0.05, 0.1) is 13.0 Å². The van der Waals surface area contributed by atoms with Crippen LogP contribution in [0, 0.1) is 5.92 Å². The van der Waals surface area contributed by atoms with Crippen molar-refractivity contribution in [2.75, 3.05) is 25.1 Å². The van der Waals surface area contributed by atoms with Crippen LogP contribution in [0.2, 0.25) is 0 Å². The van der Waals surface area contributed by atoms with Crippen LogP contribution >= 0.6 is 0 Å². The number of amides is 2. The Balaban J connectivity index is 1.70. The summed E-state index contributed by atoms with van der Waals surface area (Å²) in [4.78, 5) is 28.8. The average molecular weight is 316 g/mol. The number of likely N-dealkylation sites (tertiary alicyclic amines) is 1. The molecule has 2 aliphatic rings. The highest BCUT2D eigenvalue weighted by Gasteiger charge is 2.38. The maximum atomic E-state index is 12.8. The van der Waals surface area contributed by atoms with Crippen LogP contribution in [-0.2, 0) is 9.59 Å². The number of hydrogen-bond donors (Lipinski definition) is 0. The molecule has 0 N–H and O–H groups in total. The lowest BCUT2D eigenvalue weighted by molar-refractivity contribution is -0.139. The normalized spacial score (nSPS) is 24.9. The van der Waals surface area contributed by atoms with Crippen molar-refractivity contribution in [3.63, 3.8) is 0 Å². The highest BCUT2D eigenvalue weighted by atomic mass is 16.5. The lowest BCUT2D eigenvalue weighted by Crippen LogP contribution is -2.45. The van der Waals surface area contributed by atoms with Crippen molar-refractivity contribution in [3.05, 3.63) is 24.3 Å². The van der Waals surface area contributed by atoms with Crippen LogP contribution in [0.5, 0.6) is 5.75 Å². The first-order valence-electron chi connectivity index (χ1n) is 8.35. The molecular formula is C18H24N2O3. The van der Waals surface area contributed by atoms with Gasteiger partial charge in [-0.05, 0) is 50.5 Å². The average Bonchev–Trinajstić information content (AvgIpc) is 2.96. The van der Waals surface area contributed by atoms with E-state index in [1.165, 1.54) is 6.42 Å². The minimum Gasteiger partial charge on any atom is -0.497 e. The summed E-state index contributed by atoms with van der Waals surface area (Å²) in [6.07, 6.45) is 3.63. The van der Waals surface area contributed by atoms with Gasteiger partial charge in [0.15, 0.2) is 0 Å². The minimum absolute atomic E-state index is 0.0261. The number of benzene rings is 1. The Kier molecular flexibility index (Phi) is 4.55. The molecule has 2 amide bonds. The van der Waals surface area contributed by atoms with Gasteiger partial charge in [0.2, 0.25) is 11.8 Å². The molecule has 0 bridgehead atoms. The van der Waals surface area contributed by atoms with Gasteiger partial charge in [-0.25, -0.2) is 0 Å². The van der Waals surface area contributed by atoms with E-state index in [1.54, 1.807) is 12.0 Å². The Morgan fingerprint density at radius 2 is 1.96 bits per heavy atom. The fourth-order valence-electron chi connectivity index (χ4n) is 3.54. The zero-order chi connectivity index (χ0) is 16.4. The second-order valence-corrected chi connectivity index (χ2v) is 6.48. The van der Waals surface area contributed by atoms with E-state index in [1.807, 2.05) is 29.2 Å². The summed E-state index contributed by atoms with van der Waals surface area (Å²) in [6.45, 7) is 3.41. The molecule has 5 heteroatoms. The van der Waals surface area contributed by atoms with Gasteiger partial charge < -0.3 is 14.5 Å². The molecular weight excluding hydrogens is 292 g/mol. The van der Waals surface area contributed by atoms with Gasteiger partial charge in [-0.3, -0.25) is 9.59 Å². The van der Waals surface area contributed by atoms with Crippen molar-refractivity contribution < 1.29 is 14.3 Å². The molecule has 0 saturated carbocycles. The molecule has 0 aliphatic carbocycles. The van der Waals surface area contributed by atoms with E-state index in [2.05, 4.69) is 6.92 Å². The number of methoxy groups -OCH3 is 1. The Morgan fingerprint density at radius 3 is 2.61 bits per heavy atom. The van der Waals surface area contributed by atoms with Crippen LogP contribution in [0.3, 0.4) is 0 Å². The third kappa shape index (κ3) is 3.19. The first kappa shape index (κ1) is 15.8. The van der Waals surface area contributed by atoms with Gasteiger partial charge in [0, 0.05) is 31.2 Å². The van der Waals surface area contributed by atoms with Crippen molar-refractivity contribution in [1.29, 1.82) is 0 Å². The number of piperidine rings is 1. The van der Waals surface area contributed by atoms with Crippen LogP contribution in [0.4, 0.5) is 5.69 Å². The summed E-state index contributed by atoms with van der Waals surface area (Å²) in [5.41, 5.74) is 0.831. The third-order valence-corrected chi connectivity index (χ3v) is 4.94. The minimum atomic E-state index is -0.217. The monoisotopic (exact) mass is 316 g/mol. The Bertz CT molecular complexity index is 584. The van der Waals surface area contributed by atoms with E-state index >= 15 is 0 Å². The van der Waals surface area contributed by atoms with Gasteiger partial charge in [-0.15, -0.1) is 0 Å². The lowest BCUT2D eigenvalue weighted by Gasteiger charge is -2.35. The van der Waals surface area contributed by atoms with Crippen molar-refractivity contribution in [1.82, 2.24) is 4.90 Å². The van der Waals surface area contributed by atoms with Crippen molar-refractivity contribution >= 4 is 17.5 Å². The number of carbonyl (C=O) groups is 2. The molecule has 0 aromatic heterocycles. The van der Waals surface area contributed by atoms with Crippen LogP contribution < -0.4 is 9.64 Å². The van der Waals surface area contributed by atoms with Crippen LogP contribution in [-0.4, -0.2) is 43.0 Å². The molecule has 124 valence electrons. The molecule has 0 unspecified atom stereocenters. The fourth-order valence-corrected chi connectivity index (χ4v) is 3.54. The standard InChI is InChI=1S/C18H24N2O3/c1-13-5-3-4-10-19(13)18(22)14-11-17(21)20(12-14)15-6-8-16(23-2)9-7-15/h6-9,13-14H,3-5,10-12H2,1-2H3/t13-,14-/m1/s1. The van der Waals surface area contributed by atoms with Crippen LogP contribution in [0.15, 0.2) is 24.3 Å². The summed E-state index contributed by atoms with van der Waals surface area (Å²) in [7, 11) is 1.62. The summed E-state index contributed by atoms with van der Waals surface area (Å²) in [6, 6.07) is 7.70. The third-order valence-electron chi connectivity index (χ3n) is 4.94. The second-order valence-electron chi connectivity index (χ2n) is 6.48. The molecule has 2 saturated heterocycles. The summed E-state index contributed by atoms with van der Waals surface area (Å²) >= 11 is 0. The number of ether oxygens (including phenoxy) is 1. The quantitative estimate of drug-likeness (QED) is 0.860. The van der Waals surface area contributed by atoms with Gasteiger partial charge >= 0.3 is 0 Å². The van der Waals surface area contributed by atoms with E-state index < -0.39 is 0 Å². The summed E-state index contributed by atoms with van der Waals surface area (Å²) < 4.78 is 5.14. The van der Waals surface area contributed by atoms with Gasteiger partial charge in [-0.2, -0.15) is 0 Å². The van der Waals surface area contributed by atoms with Gasteiger partial charge in [0.25, 0.3) is 0 Å². The topological polar surface area (TPSA) is 49.9 Å². The number of rotatable bonds is 3. The van der Waals surface area contributed by atoms with Crippen LogP contribution in [0.25, 0.3) is 0 Å². The zero-order valence-corrected chi connectivity index (χ0v) is 13.8. The van der Waals surface area contributed by atoms with Crippen molar-refractivity contribution in [2.45, 2.75) is 38.6 Å². The molecule has 1 aromatic rings. The largest absolute Gasteiger partial charge is 0.497 e. The molecule has 0 radical (unpaired) electrons. The molecule has 0 spiro atoms. The number of carbonyl (C=O) groups excluding carboxylic acids is 2. The predicted molar refractivity (Wildman–Crippen MR) is 88.5 cm³/mol. The number of anilines is 1. The Labute approximate surface area is 137 Å². The maximum Gasteiger partial charge on any atom is 0.228 e. The molecule has 5 nitrogen and oxygen atoms in total. The molecule has 2 aliphatic heterocycles. The molecule has 2 heterocycles.